The van der Waals surface area contributed by atoms with Crippen LogP contribution in [0.2, 0.25) is 0 Å². The van der Waals surface area contributed by atoms with Gasteiger partial charge in [0.15, 0.2) is 0 Å². The third kappa shape index (κ3) is 3.84. The zero-order valence-electron chi connectivity index (χ0n) is 8.58. The molecule has 1 N–H and O–H groups in total. The fourth-order valence-electron chi connectivity index (χ4n) is 2.06. The minimum Gasteiger partial charge on any atom is -0.480 e. The highest BCUT2D eigenvalue weighted by atomic mass is 35.5. The first kappa shape index (κ1) is 11.8. The highest BCUT2D eigenvalue weighted by molar-refractivity contribution is 6.29. The number of carboxylic acids is 1. The molecule has 0 radical (unpaired) electrons. The van der Waals surface area contributed by atoms with Crippen LogP contribution in [0.25, 0.3) is 0 Å². The normalized spacial score (nSPS) is 20.2. The summed E-state index contributed by atoms with van der Waals surface area (Å²) in [6, 6.07) is 0. The minimum absolute atomic E-state index is 0.438. The molecule has 1 fully saturated rings. The van der Waals surface area contributed by atoms with Crippen LogP contribution in [0.1, 0.15) is 25.7 Å². The number of rotatable bonds is 5. The Morgan fingerprint density at radius 3 is 2.64 bits per heavy atom. The maximum absolute atomic E-state index is 10.5. The number of alkyl halides is 1. The smallest absolute Gasteiger partial charge is 0.322 e. The predicted octanol–water partition coefficient (Wildman–Crippen LogP) is 1.80. The lowest BCUT2D eigenvalue weighted by Crippen LogP contribution is -2.33. The van der Waals surface area contributed by atoms with Gasteiger partial charge < -0.3 is 10.0 Å². The molecule has 0 aliphatic heterocycles. The Kier molecular flexibility index (Phi) is 4.69. The van der Waals surface area contributed by atoms with Crippen LogP contribution in [-0.2, 0) is 4.79 Å². The van der Waals surface area contributed by atoms with Gasteiger partial charge in [0.2, 0.25) is 0 Å². The van der Waals surface area contributed by atoms with E-state index in [1.54, 1.807) is 0 Å². The van der Waals surface area contributed by atoms with E-state index >= 15 is 0 Å². The third-order valence-corrected chi connectivity index (χ3v) is 3.11. The number of hydrogen-bond acceptors (Lipinski definition) is 2. The van der Waals surface area contributed by atoms with Crippen LogP contribution in [0, 0.1) is 5.92 Å². The predicted molar refractivity (Wildman–Crippen MR) is 56.7 cm³/mol. The number of nitrogens with zero attached hydrogens (tertiary/aromatic N) is 1. The lowest BCUT2D eigenvalue weighted by Gasteiger charge is -2.21. The molecule has 0 aromatic rings. The summed E-state index contributed by atoms with van der Waals surface area (Å²) in [4.78, 5) is 12.5. The summed E-state index contributed by atoms with van der Waals surface area (Å²) in [6.45, 7) is 1.42. The molecule has 0 heterocycles. The van der Waals surface area contributed by atoms with Crippen LogP contribution in [0.15, 0.2) is 0 Å². The van der Waals surface area contributed by atoms with E-state index in [9.17, 15) is 4.79 Å². The molecule has 14 heavy (non-hydrogen) atoms. The average molecular weight is 220 g/mol. The van der Waals surface area contributed by atoms with Crippen LogP contribution < -0.4 is 0 Å². The second kappa shape index (κ2) is 5.56. The van der Waals surface area contributed by atoms with Crippen molar-refractivity contribution >= 4 is 17.6 Å². The summed E-state index contributed by atoms with van der Waals surface area (Å²) >= 11 is 5.65. The Balaban J connectivity index is 2.20. The van der Waals surface area contributed by atoms with Gasteiger partial charge in [-0.1, -0.05) is 12.8 Å². The van der Waals surface area contributed by atoms with Crippen molar-refractivity contribution in [3.05, 3.63) is 0 Å². The molecule has 0 spiro atoms. The summed E-state index contributed by atoms with van der Waals surface area (Å²) < 4.78 is 0. The van der Waals surface area contributed by atoms with E-state index in [0.29, 0.717) is 6.54 Å². The lowest BCUT2D eigenvalue weighted by atomic mass is 10.1. The molecule has 3 nitrogen and oxygen atoms in total. The van der Waals surface area contributed by atoms with Gasteiger partial charge >= 0.3 is 5.97 Å². The Hall–Kier alpha value is -0.280. The van der Waals surface area contributed by atoms with Gasteiger partial charge in [0.25, 0.3) is 0 Å². The van der Waals surface area contributed by atoms with Gasteiger partial charge in [-0.3, -0.25) is 4.79 Å². The Morgan fingerprint density at radius 2 is 2.14 bits per heavy atom. The number of aliphatic carboxylic acids is 1. The molecule has 0 saturated heterocycles. The zero-order valence-corrected chi connectivity index (χ0v) is 9.33. The van der Waals surface area contributed by atoms with Crippen molar-refractivity contribution in [3.63, 3.8) is 0 Å². The van der Waals surface area contributed by atoms with Gasteiger partial charge in [0.05, 0.1) is 0 Å². The maximum Gasteiger partial charge on any atom is 0.322 e. The molecule has 1 rings (SSSR count). The SMILES string of the molecule is CN(CC1CCCC1)CC(Cl)C(=O)O. The largest absolute Gasteiger partial charge is 0.480 e. The number of carbonyl (C=O) groups is 1. The first-order chi connectivity index (χ1) is 6.59. The Bertz CT molecular complexity index is 193. The van der Waals surface area contributed by atoms with E-state index in [2.05, 4.69) is 0 Å². The molecule has 1 saturated carbocycles. The van der Waals surface area contributed by atoms with E-state index in [-0.39, 0.29) is 0 Å². The summed E-state index contributed by atoms with van der Waals surface area (Å²) in [5.74, 6) is -0.178. The van der Waals surface area contributed by atoms with E-state index in [1.807, 2.05) is 11.9 Å². The van der Waals surface area contributed by atoms with Crippen molar-refractivity contribution in [1.82, 2.24) is 4.90 Å². The summed E-state index contributed by atoms with van der Waals surface area (Å²) in [6.07, 6.45) is 5.21. The second-order valence-electron chi connectivity index (χ2n) is 4.18. The molecule has 4 heteroatoms. The number of halogens is 1. The molecule has 82 valence electrons. The van der Waals surface area contributed by atoms with Gasteiger partial charge in [-0.15, -0.1) is 11.6 Å². The summed E-state index contributed by atoms with van der Waals surface area (Å²) in [5, 5.41) is 7.86. The number of hydrogen-bond donors (Lipinski definition) is 1. The van der Waals surface area contributed by atoms with Crippen LogP contribution in [0.5, 0.6) is 0 Å². The molecule has 1 atom stereocenters. The van der Waals surface area contributed by atoms with Crippen molar-refractivity contribution in [3.8, 4) is 0 Å². The Morgan fingerprint density at radius 1 is 1.57 bits per heavy atom. The minimum atomic E-state index is -0.926. The molecular weight excluding hydrogens is 202 g/mol. The van der Waals surface area contributed by atoms with Gasteiger partial charge in [0.1, 0.15) is 5.38 Å². The maximum atomic E-state index is 10.5. The summed E-state index contributed by atoms with van der Waals surface area (Å²) in [7, 11) is 1.94. The van der Waals surface area contributed by atoms with Crippen molar-refractivity contribution in [1.29, 1.82) is 0 Å². The quantitative estimate of drug-likeness (QED) is 0.717. The van der Waals surface area contributed by atoms with Gasteiger partial charge in [-0.25, -0.2) is 0 Å². The number of carboxylic acid groups (broad SMARTS) is 1. The third-order valence-electron chi connectivity index (χ3n) is 2.78. The molecule has 0 bridgehead atoms. The lowest BCUT2D eigenvalue weighted by molar-refractivity contribution is -0.136. The molecule has 1 aliphatic rings. The average Bonchev–Trinajstić information content (AvgIpc) is 2.56. The van der Waals surface area contributed by atoms with Crippen LogP contribution >= 0.6 is 11.6 Å². The van der Waals surface area contributed by atoms with Crippen LogP contribution in [-0.4, -0.2) is 41.5 Å². The van der Waals surface area contributed by atoms with E-state index < -0.39 is 11.3 Å². The fourth-order valence-corrected chi connectivity index (χ4v) is 2.30. The topological polar surface area (TPSA) is 40.5 Å². The molecule has 0 aromatic heterocycles. The molecule has 1 aliphatic carbocycles. The standard InChI is InChI=1S/C10H18ClNO2/c1-12(7-9(11)10(13)14)6-8-4-2-3-5-8/h8-9H,2-7H2,1H3,(H,13,14). The van der Waals surface area contributed by atoms with E-state index in [1.165, 1.54) is 25.7 Å². The zero-order chi connectivity index (χ0) is 10.6. The van der Waals surface area contributed by atoms with Gasteiger partial charge in [-0.05, 0) is 25.8 Å². The van der Waals surface area contributed by atoms with Crippen LogP contribution in [0.3, 0.4) is 0 Å². The Labute approximate surface area is 90.0 Å². The van der Waals surface area contributed by atoms with Crippen molar-refractivity contribution in [2.45, 2.75) is 31.1 Å². The molecule has 1 unspecified atom stereocenters. The van der Waals surface area contributed by atoms with Crippen molar-refractivity contribution < 1.29 is 9.90 Å². The monoisotopic (exact) mass is 219 g/mol. The second-order valence-corrected chi connectivity index (χ2v) is 4.70. The van der Waals surface area contributed by atoms with Crippen LogP contribution in [0.4, 0.5) is 0 Å². The molecule has 0 aromatic carbocycles. The van der Waals surface area contributed by atoms with E-state index in [4.69, 9.17) is 16.7 Å². The highest BCUT2D eigenvalue weighted by Gasteiger charge is 2.20. The summed E-state index contributed by atoms with van der Waals surface area (Å²) in [5.41, 5.74) is 0. The fraction of sp³-hybridized carbons (Fsp3) is 0.900. The first-order valence-electron chi connectivity index (χ1n) is 5.15. The highest BCUT2D eigenvalue weighted by Crippen LogP contribution is 2.25. The first-order valence-corrected chi connectivity index (χ1v) is 5.58. The van der Waals surface area contributed by atoms with Crippen molar-refractivity contribution in [2.75, 3.05) is 20.1 Å². The van der Waals surface area contributed by atoms with Crippen molar-refractivity contribution in [2.24, 2.45) is 5.92 Å². The van der Waals surface area contributed by atoms with Gasteiger partial charge in [-0.2, -0.15) is 0 Å². The van der Waals surface area contributed by atoms with E-state index in [0.717, 1.165) is 12.5 Å². The van der Waals surface area contributed by atoms with Gasteiger partial charge in [0, 0.05) is 13.1 Å². The molecular formula is C10H18ClNO2. The molecule has 0 amide bonds.